The standard InChI is InChI=1S/C62H121NO13/c1-3-5-7-9-11-13-15-17-18-19-20-21-22-23-24-25-26-27-28-29-30-31-32-33-34-36-38-40-42-44-46-54(67)63-50(51(66)45-43-41-39-37-35-16-14-12-10-8-6-4-2)49-73-61-59(72)57(70)60(53(48-65)75-61)76-62-58(71)56(69)55(68)52(47-64)74-62/h50-53,55-62,64-66,68-72H,3-49H2,1-2H3,(H,63,67). The van der Waals surface area contributed by atoms with E-state index in [0.29, 0.717) is 12.8 Å². The van der Waals surface area contributed by atoms with Crippen molar-refractivity contribution in [1.82, 2.24) is 5.32 Å². The van der Waals surface area contributed by atoms with Gasteiger partial charge in [0.15, 0.2) is 12.6 Å². The fourth-order valence-corrected chi connectivity index (χ4v) is 11.1. The Bertz CT molecular complexity index is 1280. The Morgan fingerprint density at radius 3 is 1.12 bits per heavy atom. The molecule has 12 unspecified atom stereocenters. The van der Waals surface area contributed by atoms with Crippen molar-refractivity contribution in [3.05, 3.63) is 0 Å². The summed E-state index contributed by atoms with van der Waals surface area (Å²) in [7, 11) is 0. The molecule has 452 valence electrons. The minimum atomic E-state index is -1.78. The average Bonchev–Trinajstić information content (AvgIpc) is 3.42. The molecule has 2 fully saturated rings. The largest absolute Gasteiger partial charge is 0.394 e. The van der Waals surface area contributed by atoms with Crippen LogP contribution in [0.3, 0.4) is 0 Å². The summed E-state index contributed by atoms with van der Waals surface area (Å²) in [5, 5.41) is 87.2. The Kier molecular flexibility index (Phi) is 45.5. The third kappa shape index (κ3) is 33.7. The van der Waals surface area contributed by atoms with Crippen molar-refractivity contribution in [3.8, 4) is 0 Å². The first kappa shape index (κ1) is 71.1. The Morgan fingerprint density at radius 1 is 0.421 bits per heavy atom. The highest BCUT2D eigenvalue weighted by Crippen LogP contribution is 2.30. The summed E-state index contributed by atoms with van der Waals surface area (Å²) in [4.78, 5) is 13.3. The smallest absolute Gasteiger partial charge is 0.220 e. The van der Waals surface area contributed by atoms with E-state index in [0.717, 1.165) is 51.4 Å². The van der Waals surface area contributed by atoms with E-state index in [1.165, 1.54) is 218 Å². The fraction of sp³-hybridized carbons (Fsp3) is 0.984. The van der Waals surface area contributed by atoms with Gasteiger partial charge in [0.2, 0.25) is 5.91 Å². The second-order valence-electron chi connectivity index (χ2n) is 23.3. The second kappa shape index (κ2) is 48.7. The molecule has 14 heteroatoms. The maximum absolute atomic E-state index is 13.3. The minimum absolute atomic E-state index is 0.200. The van der Waals surface area contributed by atoms with Crippen LogP contribution in [0.15, 0.2) is 0 Å². The molecule has 2 heterocycles. The highest BCUT2D eigenvalue weighted by Gasteiger charge is 2.51. The van der Waals surface area contributed by atoms with E-state index >= 15 is 0 Å². The van der Waals surface area contributed by atoms with E-state index in [9.17, 15) is 45.6 Å². The van der Waals surface area contributed by atoms with Crippen LogP contribution in [0.1, 0.15) is 296 Å². The quantitative estimate of drug-likeness (QED) is 0.0259. The third-order valence-electron chi connectivity index (χ3n) is 16.3. The van der Waals surface area contributed by atoms with Crippen LogP contribution in [0.25, 0.3) is 0 Å². The van der Waals surface area contributed by atoms with E-state index in [1.54, 1.807) is 0 Å². The molecule has 0 saturated carbocycles. The predicted octanol–water partition coefficient (Wildman–Crippen LogP) is 11.7. The molecule has 0 radical (unpaired) electrons. The van der Waals surface area contributed by atoms with Gasteiger partial charge in [-0.05, 0) is 12.8 Å². The van der Waals surface area contributed by atoms with Crippen molar-refractivity contribution in [2.24, 2.45) is 0 Å². The lowest BCUT2D eigenvalue weighted by Gasteiger charge is -2.46. The van der Waals surface area contributed by atoms with Crippen molar-refractivity contribution in [2.75, 3.05) is 19.8 Å². The maximum Gasteiger partial charge on any atom is 0.220 e. The van der Waals surface area contributed by atoms with Crippen LogP contribution < -0.4 is 5.32 Å². The zero-order valence-corrected chi connectivity index (χ0v) is 48.8. The summed E-state index contributed by atoms with van der Waals surface area (Å²) >= 11 is 0. The maximum atomic E-state index is 13.3. The number of carbonyl (C=O) groups is 1. The lowest BCUT2D eigenvalue weighted by atomic mass is 9.97. The summed E-state index contributed by atoms with van der Waals surface area (Å²) in [6.07, 6.45) is 38.5. The molecule has 0 aromatic heterocycles. The number of hydrogen-bond acceptors (Lipinski definition) is 13. The van der Waals surface area contributed by atoms with Gasteiger partial charge in [0.05, 0.1) is 32.0 Å². The summed E-state index contributed by atoms with van der Waals surface area (Å²) in [6, 6.07) is -0.822. The molecule has 2 saturated heterocycles. The predicted molar refractivity (Wildman–Crippen MR) is 305 cm³/mol. The van der Waals surface area contributed by atoms with E-state index in [1.807, 2.05) is 0 Å². The van der Waals surface area contributed by atoms with Gasteiger partial charge in [0, 0.05) is 6.42 Å². The molecule has 0 spiro atoms. The average molecular weight is 1090 g/mol. The lowest BCUT2D eigenvalue weighted by Crippen LogP contribution is -2.65. The number of aliphatic hydroxyl groups excluding tert-OH is 8. The highest BCUT2D eigenvalue weighted by atomic mass is 16.7. The van der Waals surface area contributed by atoms with Gasteiger partial charge >= 0.3 is 0 Å². The number of hydrogen-bond donors (Lipinski definition) is 9. The molecule has 0 aromatic rings. The number of rotatable bonds is 53. The molecule has 14 nitrogen and oxygen atoms in total. The van der Waals surface area contributed by atoms with Gasteiger partial charge in [-0.2, -0.15) is 0 Å². The van der Waals surface area contributed by atoms with E-state index < -0.39 is 86.8 Å². The van der Waals surface area contributed by atoms with E-state index in [-0.39, 0.29) is 12.5 Å². The molecular formula is C62H121NO13. The topological polar surface area (TPSA) is 228 Å². The van der Waals surface area contributed by atoms with Crippen molar-refractivity contribution in [2.45, 2.75) is 370 Å². The fourth-order valence-electron chi connectivity index (χ4n) is 11.1. The number of ether oxygens (including phenoxy) is 4. The summed E-state index contributed by atoms with van der Waals surface area (Å²) in [6.45, 7) is 2.89. The highest BCUT2D eigenvalue weighted by molar-refractivity contribution is 5.76. The molecule has 76 heavy (non-hydrogen) atoms. The van der Waals surface area contributed by atoms with Crippen molar-refractivity contribution >= 4 is 5.91 Å². The van der Waals surface area contributed by atoms with Gasteiger partial charge in [-0.15, -0.1) is 0 Å². The summed E-state index contributed by atoms with van der Waals surface area (Å²) < 4.78 is 22.8. The first-order valence-electron chi connectivity index (χ1n) is 32.3. The Labute approximate surface area is 464 Å². The van der Waals surface area contributed by atoms with Gasteiger partial charge < -0.3 is 65.1 Å². The van der Waals surface area contributed by atoms with Crippen LogP contribution in [-0.2, 0) is 23.7 Å². The number of nitrogens with one attached hydrogen (secondary N) is 1. The molecule has 1 amide bonds. The molecule has 2 rings (SSSR count). The zero-order chi connectivity index (χ0) is 55.3. The number of carbonyl (C=O) groups excluding carboxylic acids is 1. The van der Waals surface area contributed by atoms with Gasteiger partial charge in [0.1, 0.15) is 48.8 Å². The van der Waals surface area contributed by atoms with Crippen molar-refractivity contribution < 1.29 is 64.6 Å². The normalized spacial score (nSPS) is 24.8. The molecule has 12 atom stereocenters. The molecule has 2 aliphatic heterocycles. The number of amides is 1. The Morgan fingerprint density at radius 2 is 0.750 bits per heavy atom. The summed E-state index contributed by atoms with van der Waals surface area (Å²) in [5.41, 5.74) is 0. The first-order chi connectivity index (χ1) is 37.1. The van der Waals surface area contributed by atoms with E-state index in [2.05, 4.69) is 19.2 Å². The Hall–Kier alpha value is -1.01. The van der Waals surface area contributed by atoms with Crippen molar-refractivity contribution in [1.29, 1.82) is 0 Å². The summed E-state index contributed by atoms with van der Waals surface area (Å²) in [5.74, 6) is -0.200. The van der Waals surface area contributed by atoms with Crippen LogP contribution in [0.2, 0.25) is 0 Å². The molecule has 2 aliphatic rings. The molecule has 0 bridgehead atoms. The third-order valence-corrected chi connectivity index (χ3v) is 16.3. The van der Waals surface area contributed by atoms with Crippen LogP contribution in [0.5, 0.6) is 0 Å². The monoisotopic (exact) mass is 1090 g/mol. The van der Waals surface area contributed by atoms with Gasteiger partial charge in [-0.1, -0.05) is 277 Å². The van der Waals surface area contributed by atoms with Gasteiger partial charge in [0.25, 0.3) is 0 Å². The van der Waals surface area contributed by atoms with Gasteiger partial charge in [-0.3, -0.25) is 4.79 Å². The molecule has 0 aromatic carbocycles. The first-order valence-corrected chi connectivity index (χ1v) is 32.3. The second-order valence-corrected chi connectivity index (χ2v) is 23.3. The molecular weight excluding hydrogens is 967 g/mol. The van der Waals surface area contributed by atoms with E-state index in [4.69, 9.17) is 18.9 Å². The van der Waals surface area contributed by atoms with Crippen LogP contribution in [0.4, 0.5) is 0 Å². The number of unbranched alkanes of at least 4 members (excludes halogenated alkanes) is 40. The van der Waals surface area contributed by atoms with Crippen molar-refractivity contribution in [3.63, 3.8) is 0 Å². The lowest BCUT2D eigenvalue weighted by molar-refractivity contribution is -0.359. The van der Waals surface area contributed by atoms with Gasteiger partial charge in [-0.25, -0.2) is 0 Å². The number of aliphatic hydroxyl groups is 8. The Balaban J connectivity index is 1.62. The van der Waals surface area contributed by atoms with Crippen LogP contribution in [-0.4, -0.2) is 140 Å². The van der Waals surface area contributed by atoms with Crippen LogP contribution >= 0.6 is 0 Å². The van der Waals surface area contributed by atoms with Crippen LogP contribution in [0, 0.1) is 0 Å². The molecule has 0 aliphatic carbocycles. The zero-order valence-electron chi connectivity index (χ0n) is 48.8. The minimum Gasteiger partial charge on any atom is -0.394 e. The SMILES string of the molecule is CCCCCCCCCCCCCCCCCCCCCCCCCCCCCCCCC(=O)NC(COC1OC(CO)C(OC2OC(CO)C(O)C(O)C2O)C(O)C1O)C(O)CCCCCCCCCCCCCC. The molecule has 9 N–H and O–H groups in total.